The minimum atomic E-state index is -0.450. The quantitative estimate of drug-likeness (QED) is 0.476. The predicted octanol–water partition coefficient (Wildman–Crippen LogP) is 4.11. The van der Waals surface area contributed by atoms with Crippen molar-refractivity contribution in [1.82, 2.24) is 0 Å². The number of carbonyl (C=O) groups is 1. The second kappa shape index (κ2) is 4.58. The van der Waals surface area contributed by atoms with Gasteiger partial charge in [0.15, 0.2) is 0 Å². The lowest BCUT2D eigenvalue weighted by molar-refractivity contribution is -0.384. The minimum Gasteiger partial charge on any atom is -0.455 e. The molecule has 24 heavy (non-hydrogen) atoms. The highest BCUT2D eigenvalue weighted by molar-refractivity contribution is 5.90. The summed E-state index contributed by atoms with van der Waals surface area (Å²) in [6.45, 7) is 0. The average Bonchev–Trinajstić information content (AvgIpc) is 3.31. The summed E-state index contributed by atoms with van der Waals surface area (Å²) >= 11 is 0. The molecule has 4 fully saturated rings. The van der Waals surface area contributed by atoms with Crippen LogP contribution in [0.2, 0.25) is 0 Å². The molecular weight excluding hydrogens is 306 g/mol. The number of nitro benzene ring substituents is 1. The van der Waals surface area contributed by atoms with Crippen molar-refractivity contribution in [3.63, 3.8) is 0 Å². The molecule has 1 spiro atoms. The summed E-state index contributed by atoms with van der Waals surface area (Å²) in [6.07, 6.45) is 8.49. The fraction of sp³-hybridized carbons (Fsp3) is 0.632. The van der Waals surface area contributed by atoms with Gasteiger partial charge in [0.2, 0.25) is 0 Å². The largest absolute Gasteiger partial charge is 0.455 e. The number of hydrogen-bond donors (Lipinski definition) is 0. The third-order valence-electron chi connectivity index (χ3n) is 7.55. The number of rotatable bonds is 3. The molecule has 5 nitrogen and oxygen atoms in total. The van der Waals surface area contributed by atoms with Crippen LogP contribution in [-0.2, 0) is 4.74 Å². The second-order valence-corrected chi connectivity index (χ2v) is 8.26. The molecule has 0 radical (unpaired) electrons. The zero-order valence-electron chi connectivity index (χ0n) is 13.6. The van der Waals surface area contributed by atoms with Gasteiger partial charge in [0, 0.05) is 17.5 Å². The third-order valence-corrected chi connectivity index (χ3v) is 7.55. The molecule has 0 N–H and O–H groups in total. The Labute approximate surface area is 140 Å². The Kier molecular flexibility index (Phi) is 2.76. The number of carbonyl (C=O) groups excluding carboxylic acids is 1. The van der Waals surface area contributed by atoms with Crippen molar-refractivity contribution < 1.29 is 14.5 Å². The average molecular weight is 327 g/mol. The number of ether oxygens (including phenoxy) is 1. The van der Waals surface area contributed by atoms with E-state index in [1.54, 1.807) is 0 Å². The van der Waals surface area contributed by atoms with Crippen LogP contribution < -0.4 is 0 Å². The summed E-state index contributed by atoms with van der Waals surface area (Å²) in [6, 6.07) is 5.80. The van der Waals surface area contributed by atoms with E-state index >= 15 is 0 Å². The molecular formula is C19H21NO4. The molecule has 5 atom stereocenters. The van der Waals surface area contributed by atoms with Gasteiger partial charge in [-0.3, -0.25) is 10.1 Å². The van der Waals surface area contributed by atoms with Crippen molar-refractivity contribution in [2.75, 3.05) is 0 Å². The third kappa shape index (κ3) is 1.63. The van der Waals surface area contributed by atoms with Gasteiger partial charge in [0.1, 0.15) is 5.60 Å². The molecule has 0 saturated heterocycles. The molecule has 4 unspecified atom stereocenters. The zero-order chi connectivity index (χ0) is 16.5. The standard InChI is InChI=1S/C19H21NO4/c21-17(13-1-5-16(6-2-13)20(22)23)24-19-11-12-7-8-18(19,10-12)14-3-4-15(19)9-14/h1-2,5-6,12,14-15H,3-4,7-11H2/t12?,14?,15?,18?,19-/m0/s1. The monoisotopic (exact) mass is 327 g/mol. The summed E-state index contributed by atoms with van der Waals surface area (Å²) in [5.74, 6) is 1.68. The summed E-state index contributed by atoms with van der Waals surface area (Å²) in [7, 11) is 0. The van der Waals surface area contributed by atoms with E-state index in [0.29, 0.717) is 11.5 Å². The van der Waals surface area contributed by atoms with Crippen LogP contribution in [0.25, 0.3) is 0 Å². The van der Waals surface area contributed by atoms with Gasteiger partial charge >= 0.3 is 5.97 Å². The number of esters is 1. The molecule has 4 aliphatic rings. The maximum Gasteiger partial charge on any atom is 0.338 e. The summed E-state index contributed by atoms with van der Waals surface area (Å²) in [4.78, 5) is 23.1. The van der Waals surface area contributed by atoms with E-state index < -0.39 is 4.92 Å². The van der Waals surface area contributed by atoms with Crippen LogP contribution in [-0.4, -0.2) is 16.5 Å². The zero-order valence-corrected chi connectivity index (χ0v) is 13.6. The molecule has 0 amide bonds. The molecule has 1 aromatic rings. The molecule has 4 aliphatic carbocycles. The smallest absolute Gasteiger partial charge is 0.338 e. The van der Waals surface area contributed by atoms with Crippen molar-refractivity contribution in [3.8, 4) is 0 Å². The number of nitro groups is 1. The first-order valence-electron chi connectivity index (χ1n) is 9.02. The van der Waals surface area contributed by atoms with Gasteiger partial charge in [0.05, 0.1) is 10.5 Å². The van der Waals surface area contributed by atoms with Gasteiger partial charge in [0.25, 0.3) is 5.69 Å². The normalized spacial score (nSPS) is 41.4. The van der Waals surface area contributed by atoms with Crippen LogP contribution >= 0.6 is 0 Å². The number of fused-ring (bicyclic) bond motifs is 4. The molecule has 5 rings (SSSR count). The second-order valence-electron chi connectivity index (χ2n) is 8.26. The van der Waals surface area contributed by atoms with Crippen molar-refractivity contribution >= 4 is 11.7 Å². The molecule has 126 valence electrons. The summed E-state index contributed by atoms with van der Waals surface area (Å²) < 4.78 is 6.26. The maximum atomic E-state index is 12.8. The highest BCUT2D eigenvalue weighted by Gasteiger charge is 2.75. The van der Waals surface area contributed by atoms with Crippen LogP contribution in [0.5, 0.6) is 0 Å². The number of non-ortho nitro benzene ring substituents is 1. The SMILES string of the molecule is O=C(O[C@]12CC3CCC1(C3)C1CCC2C1)c1ccc([N+](=O)[O-])cc1. The lowest BCUT2D eigenvalue weighted by atomic mass is 9.63. The summed E-state index contributed by atoms with van der Waals surface area (Å²) in [5, 5.41) is 10.8. The Bertz CT molecular complexity index is 729. The molecule has 0 aromatic heterocycles. The van der Waals surface area contributed by atoms with Crippen LogP contribution in [0.4, 0.5) is 5.69 Å². The van der Waals surface area contributed by atoms with Gasteiger partial charge in [-0.15, -0.1) is 0 Å². The number of nitrogens with zero attached hydrogens (tertiary/aromatic N) is 1. The van der Waals surface area contributed by atoms with E-state index in [-0.39, 0.29) is 22.7 Å². The molecule has 4 bridgehead atoms. The molecule has 1 aromatic carbocycles. The van der Waals surface area contributed by atoms with Crippen LogP contribution in [0.3, 0.4) is 0 Å². The van der Waals surface area contributed by atoms with E-state index in [0.717, 1.165) is 18.3 Å². The van der Waals surface area contributed by atoms with Gasteiger partial charge in [-0.25, -0.2) is 4.79 Å². The first-order chi connectivity index (χ1) is 11.5. The first kappa shape index (κ1) is 14.4. The lowest BCUT2D eigenvalue weighted by Gasteiger charge is -2.49. The van der Waals surface area contributed by atoms with Gasteiger partial charge < -0.3 is 4.74 Å². The molecule has 0 heterocycles. The lowest BCUT2D eigenvalue weighted by Crippen LogP contribution is -2.52. The van der Waals surface area contributed by atoms with Crippen LogP contribution in [0.15, 0.2) is 24.3 Å². The number of benzene rings is 1. The highest BCUT2D eigenvalue weighted by Crippen LogP contribution is 2.76. The van der Waals surface area contributed by atoms with E-state index in [2.05, 4.69) is 0 Å². The maximum absolute atomic E-state index is 12.8. The van der Waals surface area contributed by atoms with Crippen molar-refractivity contribution in [2.24, 2.45) is 23.2 Å². The van der Waals surface area contributed by atoms with Crippen molar-refractivity contribution in [3.05, 3.63) is 39.9 Å². The number of hydrogen-bond acceptors (Lipinski definition) is 4. The fourth-order valence-electron chi connectivity index (χ4n) is 6.74. The minimum absolute atomic E-state index is 0.000954. The fourth-order valence-corrected chi connectivity index (χ4v) is 6.74. The molecule has 0 aliphatic heterocycles. The Morgan fingerprint density at radius 1 is 1.12 bits per heavy atom. The molecule has 5 heteroatoms. The van der Waals surface area contributed by atoms with Gasteiger partial charge in [-0.1, -0.05) is 0 Å². The van der Waals surface area contributed by atoms with Crippen LogP contribution in [0.1, 0.15) is 55.3 Å². The Morgan fingerprint density at radius 2 is 1.88 bits per heavy atom. The topological polar surface area (TPSA) is 69.4 Å². The van der Waals surface area contributed by atoms with E-state index in [1.807, 2.05) is 0 Å². The van der Waals surface area contributed by atoms with Crippen molar-refractivity contribution in [2.45, 2.75) is 50.5 Å². The Morgan fingerprint density at radius 3 is 2.58 bits per heavy atom. The highest BCUT2D eigenvalue weighted by atomic mass is 16.6. The molecule has 4 saturated carbocycles. The summed E-state index contributed by atoms with van der Waals surface area (Å²) in [5.41, 5.74) is 0.408. The Balaban J connectivity index is 1.44. The van der Waals surface area contributed by atoms with Gasteiger partial charge in [-0.2, -0.15) is 0 Å². The van der Waals surface area contributed by atoms with E-state index in [4.69, 9.17) is 4.74 Å². The first-order valence-corrected chi connectivity index (χ1v) is 9.02. The van der Waals surface area contributed by atoms with E-state index in [9.17, 15) is 14.9 Å². The van der Waals surface area contributed by atoms with Crippen LogP contribution in [0, 0.1) is 33.3 Å². The van der Waals surface area contributed by atoms with E-state index in [1.165, 1.54) is 62.8 Å². The van der Waals surface area contributed by atoms with Crippen molar-refractivity contribution in [1.29, 1.82) is 0 Å². The van der Waals surface area contributed by atoms with Gasteiger partial charge in [-0.05, 0) is 74.8 Å². The Hall–Kier alpha value is -1.91. The predicted molar refractivity (Wildman–Crippen MR) is 86.5 cm³/mol.